The van der Waals surface area contributed by atoms with Crippen LogP contribution in [0, 0.1) is 11.7 Å². The van der Waals surface area contributed by atoms with Crippen molar-refractivity contribution in [1.29, 1.82) is 0 Å². The van der Waals surface area contributed by atoms with Crippen molar-refractivity contribution in [3.05, 3.63) is 48.0 Å². The molecule has 0 amide bonds. The van der Waals surface area contributed by atoms with Crippen molar-refractivity contribution >= 4 is 15.8 Å². The zero-order valence-electron chi connectivity index (χ0n) is 16.9. The van der Waals surface area contributed by atoms with Gasteiger partial charge in [0.2, 0.25) is 0 Å². The normalized spacial score (nSPS) is 17.7. The van der Waals surface area contributed by atoms with Gasteiger partial charge in [-0.15, -0.1) is 0 Å². The van der Waals surface area contributed by atoms with Crippen molar-refractivity contribution in [2.75, 3.05) is 31.9 Å². The van der Waals surface area contributed by atoms with Gasteiger partial charge in [0.25, 0.3) is 0 Å². The van der Waals surface area contributed by atoms with Gasteiger partial charge in [0.1, 0.15) is 10.7 Å². The lowest BCUT2D eigenvalue weighted by Crippen LogP contribution is -2.40. The van der Waals surface area contributed by atoms with Gasteiger partial charge in [0.15, 0.2) is 15.8 Å². The maximum Gasteiger partial charge on any atom is 0.193 e. The molecular formula is C20H28FN5O2S. The summed E-state index contributed by atoms with van der Waals surface area (Å²) in [6.45, 7) is 4.50. The predicted molar refractivity (Wildman–Crippen MR) is 111 cm³/mol. The van der Waals surface area contributed by atoms with Gasteiger partial charge >= 0.3 is 0 Å². The largest absolute Gasteiger partial charge is 0.357 e. The molecule has 3 rings (SSSR count). The third kappa shape index (κ3) is 5.56. The summed E-state index contributed by atoms with van der Waals surface area (Å²) in [6, 6.07) is 5.46. The van der Waals surface area contributed by atoms with Gasteiger partial charge < -0.3 is 10.2 Å². The first-order valence-electron chi connectivity index (χ1n) is 9.87. The Kier molecular flexibility index (Phi) is 6.89. The molecule has 0 saturated carbocycles. The molecule has 1 aliphatic rings. The number of hydrogen-bond donors (Lipinski definition) is 1. The van der Waals surface area contributed by atoms with E-state index in [9.17, 15) is 12.8 Å². The molecule has 1 aromatic heterocycles. The van der Waals surface area contributed by atoms with Crippen molar-refractivity contribution in [2.24, 2.45) is 18.0 Å². The van der Waals surface area contributed by atoms with E-state index < -0.39 is 15.7 Å². The number of likely N-dealkylation sites (tertiary alicyclic amines) is 1. The Hall–Kier alpha value is -2.42. The molecule has 1 fully saturated rings. The summed E-state index contributed by atoms with van der Waals surface area (Å²) in [5.41, 5.74) is 1.22. The van der Waals surface area contributed by atoms with Crippen LogP contribution in [0.15, 0.2) is 46.5 Å². The van der Waals surface area contributed by atoms with Crippen LogP contribution in [0.2, 0.25) is 0 Å². The highest BCUT2D eigenvalue weighted by Gasteiger charge is 2.25. The molecular weight excluding hydrogens is 393 g/mol. The monoisotopic (exact) mass is 421 g/mol. The third-order valence-electron chi connectivity index (χ3n) is 5.00. The number of hydrogen-bond acceptors (Lipinski definition) is 4. The fourth-order valence-corrected chi connectivity index (χ4v) is 4.81. The minimum absolute atomic E-state index is 0.0861. The maximum atomic E-state index is 13.8. The van der Waals surface area contributed by atoms with Crippen molar-refractivity contribution in [3.8, 4) is 0 Å². The lowest BCUT2D eigenvalue weighted by Gasteiger charge is -2.21. The van der Waals surface area contributed by atoms with Gasteiger partial charge in [-0.3, -0.25) is 9.67 Å². The summed E-state index contributed by atoms with van der Waals surface area (Å²) in [6.07, 6.45) is 5.95. The van der Waals surface area contributed by atoms with Crippen LogP contribution in [-0.2, 0) is 23.3 Å². The van der Waals surface area contributed by atoms with Gasteiger partial charge in [0.05, 0.1) is 18.5 Å². The molecule has 0 radical (unpaired) electrons. The summed E-state index contributed by atoms with van der Waals surface area (Å²) in [4.78, 5) is 6.40. The number of sulfone groups is 1. The molecule has 0 spiro atoms. The highest BCUT2D eigenvalue weighted by Crippen LogP contribution is 2.21. The van der Waals surface area contributed by atoms with Crippen LogP contribution in [0.5, 0.6) is 0 Å². The Morgan fingerprint density at radius 3 is 2.86 bits per heavy atom. The number of benzene rings is 1. The van der Waals surface area contributed by atoms with E-state index in [1.807, 2.05) is 31.0 Å². The topological polar surface area (TPSA) is 79.6 Å². The van der Waals surface area contributed by atoms with Gasteiger partial charge in [0, 0.05) is 32.9 Å². The highest BCUT2D eigenvalue weighted by molar-refractivity contribution is 7.91. The molecule has 1 aromatic carbocycles. The Morgan fingerprint density at radius 2 is 2.17 bits per heavy atom. The second-order valence-corrected chi connectivity index (χ2v) is 9.39. The number of aryl methyl sites for hydroxylation is 1. The van der Waals surface area contributed by atoms with Crippen LogP contribution in [0.1, 0.15) is 18.9 Å². The smallest absolute Gasteiger partial charge is 0.193 e. The van der Waals surface area contributed by atoms with E-state index >= 15 is 0 Å². The van der Waals surface area contributed by atoms with Crippen molar-refractivity contribution in [1.82, 2.24) is 20.0 Å². The van der Waals surface area contributed by atoms with Crippen LogP contribution >= 0.6 is 0 Å². The van der Waals surface area contributed by atoms with E-state index in [-0.39, 0.29) is 17.2 Å². The quantitative estimate of drug-likeness (QED) is 0.545. The molecule has 9 heteroatoms. The molecule has 1 saturated heterocycles. The molecule has 1 aliphatic heterocycles. The van der Waals surface area contributed by atoms with E-state index in [0.717, 1.165) is 32.0 Å². The van der Waals surface area contributed by atoms with Gasteiger partial charge in [-0.25, -0.2) is 12.8 Å². The third-order valence-corrected chi connectivity index (χ3v) is 6.72. The summed E-state index contributed by atoms with van der Waals surface area (Å²) in [5, 5.41) is 7.46. The minimum Gasteiger partial charge on any atom is -0.357 e. The SMILES string of the molecule is CCNC(=NCCS(=O)(=O)c1ccccc1F)N1CCC(Cc2cnn(C)c2)C1. The first-order chi connectivity index (χ1) is 13.9. The summed E-state index contributed by atoms with van der Waals surface area (Å²) < 4.78 is 40.5. The second kappa shape index (κ2) is 9.39. The second-order valence-electron chi connectivity index (χ2n) is 7.31. The minimum atomic E-state index is -3.71. The summed E-state index contributed by atoms with van der Waals surface area (Å²) in [7, 11) is -1.80. The van der Waals surface area contributed by atoms with E-state index in [4.69, 9.17) is 0 Å². The number of guanidine groups is 1. The van der Waals surface area contributed by atoms with Crippen LogP contribution in [0.4, 0.5) is 4.39 Å². The summed E-state index contributed by atoms with van der Waals surface area (Å²) >= 11 is 0. The van der Waals surface area contributed by atoms with Gasteiger partial charge in [-0.2, -0.15) is 5.10 Å². The van der Waals surface area contributed by atoms with Crippen LogP contribution < -0.4 is 5.32 Å². The lowest BCUT2D eigenvalue weighted by atomic mass is 10.0. The Balaban J connectivity index is 1.60. The van der Waals surface area contributed by atoms with Crippen LogP contribution in [0.3, 0.4) is 0 Å². The number of nitrogens with zero attached hydrogens (tertiary/aromatic N) is 4. The number of aliphatic imine (C=N–C) groups is 1. The molecule has 158 valence electrons. The van der Waals surface area contributed by atoms with E-state index in [1.165, 1.54) is 23.8 Å². The van der Waals surface area contributed by atoms with Crippen molar-refractivity contribution < 1.29 is 12.8 Å². The number of rotatable bonds is 7. The molecule has 1 unspecified atom stereocenters. The first kappa shape index (κ1) is 21.3. The summed E-state index contributed by atoms with van der Waals surface area (Å²) in [5.74, 6) is 0.270. The Morgan fingerprint density at radius 1 is 1.38 bits per heavy atom. The lowest BCUT2D eigenvalue weighted by molar-refractivity contribution is 0.460. The van der Waals surface area contributed by atoms with E-state index in [2.05, 4.69) is 20.3 Å². The van der Waals surface area contributed by atoms with E-state index in [0.29, 0.717) is 18.4 Å². The van der Waals surface area contributed by atoms with Crippen molar-refractivity contribution in [2.45, 2.75) is 24.7 Å². The van der Waals surface area contributed by atoms with Crippen LogP contribution in [-0.4, -0.2) is 61.0 Å². The standard InChI is InChI=1S/C20H28FN5O2S/c1-3-22-20(23-9-11-29(27,28)19-7-5-4-6-18(19)21)26-10-8-16(15-26)12-17-13-24-25(2)14-17/h4-7,13-14,16H,3,8-12,15H2,1-2H3,(H,22,23). The molecule has 7 nitrogen and oxygen atoms in total. The molecule has 29 heavy (non-hydrogen) atoms. The average molecular weight is 422 g/mol. The molecule has 0 bridgehead atoms. The number of nitrogens with one attached hydrogen (secondary N) is 1. The van der Waals surface area contributed by atoms with Gasteiger partial charge in [-0.1, -0.05) is 12.1 Å². The van der Waals surface area contributed by atoms with Crippen LogP contribution in [0.25, 0.3) is 0 Å². The molecule has 2 heterocycles. The van der Waals surface area contributed by atoms with Gasteiger partial charge in [-0.05, 0) is 43.4 Å². The number of halogens is 1. The van der Waals surface area contributed by atoms with Crippen molar-refractivity contribution in [3.63, 3.8) is 0 Å². The fraction of sp³-hybridized carbons (Fsp3) is 0.500. The molecule has 1 atom stereocenters. The Labute approximate surface area is 171 Å². The fourth-order valence-electron chi connectivity index (χ4n) is 3.61. The zero-order valence-corrected chi connectivity index (χ0v) is 17.7. The Bertz CT molecular complexity index is 957. The zero-order chi connectivity index (χ0) is 20.9. The van der Waals surface area contributed by atoms with E-state index in [1.54, 1.807) is 0 Å². The molecule has 2 aromatic rings. The molecule has 0 aliphatic carbocycles. The first-order valence-corrected chi connectivity index (χ1v) is 11.5. The predicted octanol–water partition coefficient (Wildman–Crippen LogP) is 1.86. The highest BCUT2D eigenvalue weighted by atomic mass is 32.2. The average Bonchev–Trinajstić information content (AvgIpc) is 3.30. The molecule has 1 N–H and O–H groups in total. The number of aromatic nitrogens is 2. The maximum absolute atomic E-state index is 13.8.